The molecular formula is C13H21NS. The fourth-order valence-corrected chi connectivity index (χ4v) is 3.27. The number of hydrogen-bond donors (Lipinski definition) is 1. The van der Waals surface area contributed by atoms with E-state index in [0.29, 0.717) is 6.04 Å². The number of thiophene rings is 1. The number of nitrogens with two attached hydrogens (primary N) is 1. The van der Waals surface area contributed by atoms with Crippen molar-refractivity contribution < 1.29 is 0 Å². The summed E-state index contributed by atoms with van der Waals surface area (Å²) >= 11 is 1.78. The zero-order valence-corrected chi connectivity index (χ0v) is 10.1. The predicted octanol–water partition coefficient (Wildman–Crippen LogP) is 3.59. The van der Waals surface area contributed by atoms with Gasteiger partial charge in [0.15, 0.2) is 0 Å². The third kappa shape index (κ3) is 3.32. The van der Waals surface area contributed by atoms with E-state index in [1.807, 2.05) is 0 Å². The molecule has 1 fully saturated rings. The standard InChI is InChI=1S/C13H21NS/c14-13(9-11-7-8-15-10-11)12-5-3-1-2-4-6-12/h7-8,10,12-13H,1-6,9,14H2. The van der Waals surface area contributed by atoms with Crippen LogP contribution in [0.5, 0.6) is 0 Å². The molecule has 2 N–H and O–H groups in total. The first kappa shape index (κ1) is 11.2. The van der Waals surface area contributed by atoms with E-state index in [4.69, 9.17) is 5.73 Å². The van der Waals surface area contributed by atoms with Gasteiger partial charge in [-0.1, -0.05) is 25.7 Å². The first-order valence-corrected chi connectivity index (χ1v) is 7.07. The lowest BCUT2D eigenvalue weighted by Crippen LogP contribution is -2.31. The minimum Gasteiger partial charge on any atom is -0.327 e. The molecule has 15 heavy (non-hydrogen) atoms. The Labute approximate surface area is 96.7 Å². The van der Waals surface area contributed by atoms with E-state index >= 15 is 0 Å². The molecule has 0 aromatic carbocycles. The molecule has 1 aromatic rings. The molecule has 2 rings (SSSR count). The summed E-state index contributed by atoms with van der Waals surface area (Å²) in [7, 11) is 0. The highest BCUT2D eigenvalue weighted by Gasteiger charge is 2.19. The second kappa shape index (κ2) is 5.66. The maximum Gasteiger partial charge on any atom is 0.0108 e. The summed E-state index contributed by atoms with van der Waals surface area (Å²) in [6.07, 6.45) is 9.40. The fraction of sp³-hybridized carbons (Fsp3) is 0.692. The molecule has 0 saturated heterocycles. The Morgan fingerprint density at radius 2 is 2.00 bits per heavy atom. The summed E-state index contributed by atoms with van der Waals surface area (Å²) in [5, 5.41) is 4.38. The van der Waals surface area contributed by atoms with Crippen LogP contribution in [0.25, 0.3) is 0 Å². The first-order valence-electron chi connectivity index (χ1n) is 6.13. The Bertz CT molecular complexity index is 260. The van der Waals surface area contributed by atoms with Crippen molar-refractivity contribution in [3.8, 4) is 0 Å². The lowest BCUT2D eigenvalue weighted by molar-refractivity contribution is 0.372. The van der Waals surface area contributed by atoms with E-state index in [2.05, 4.69) is 16.8 Å². The summed E-state index contributed by atoms with van der Waals surface area (Å²) < 4.78 is 0. The van der Waals surface area contributed by atoms with Crippen LogP contribution >= 0.6 is 11.3 Å². The molecule has 0 bridgehead atoms. The molecule has 0 spiro atoms. The minimum absolute atomic E-state index is 0.387. The molecule has 0 amide bonds. The summed E-state index contributed by atoms with van der Waals surface area (Å²) in [5.41, 5.74) is 7.74. The molecule has 1 atom stereocenters. The second-order valence-electron chi connectivity index (χ2n) is 4.75. The van der Waals surface area contributed by atoms with Gasteiger partial charge in [-0.3, -0.25) is 0 Å². The maximum absolute atomic E-state index is 6.31. The van der Waals surface area contributed by atoms with Crippen LogP contribution in [0, 0.1) is 5.92 Å². The van der Waals surface area contributed by atoms with Crippen molar-refractivity contribution in [1.29, 1.82) is 0 Å². The van der Waals surface area contributed by atoms with E-state index in [-0.39, 0.29) is 0 Å². The number of rotatable bonds is 3. The Kier molecular flexibility index (Phi) is 4.21. The van der Waals surface area contributed by atoms with Crippen LogP contribution in [0.15, 0.2) is 16.8 Å². The van der Waals surface area contributed by atoms with Gasteiger partial charge in [-0.2, -0.15) is 11.3 Å². The highest BCUT2D eigenvalue weighted by molar-refractivity contribution is 7.07. The molecule has 1 aliphatic rings. The molecule has 2 heteroatoms. The third-order valence-electron chi connectivity index (χ3n) is 3.56. The molecule has 84 valence electrons. The quantitative estimate of drug-likeness (QED) is 0.779. The zero-order valence-electron chi connectivity index (χ0n) is 9.32. The van der Waals surface area contributed by atoms with Crippen LogP contribution in [0.3, 0.4) is 0 Å². The molecule has 0 radical (unpaired) electrons. The largest absolute Gasteiger partial charge is 0.327 e. The average Bonchev–Trinajstić information content (AvgIpc) is 2.58. The average molecular weight is 223 g/mol. The van der Waals surface area contributed by atoms with Gasteiger partial charge < -0.3 is 5.73 Å². The Morgan fingerprint density at radius 1 is 1.27 bits per heavy atom. The van der Waals surface area contributed by atoms with Gasteiger partial charge in [-0.15, -0.1) is 0 Å². The van der Waals surface area contributed by atoms with Crippen LogP contribution in [0.2, 0.25) is 0 Å². The van der Waals surface area contributed by atoms with E-state index in [9.17, 15) is 0 Å². The SMILES string of the molecule is NC(Cc1ccsc1)C1CCCCCC1. The highest BCUT2D eigenvalue weighted by atomic mass is 32.1. The van der Waals surface area contributed by atoms with E-state index < -0.39 is 0 Å². The van der Waals surface area contributed by atoms with Crippen molar-refractivity contribution >= 4 is 11.3 Å². The molecule has 0 aliphatic heterocycles. The van der Waals surface area contributed by atoms with Gasteiger partial charge in [0.05, 0.1) is 0 Å². The summed E-state index contributed by atoms with van der Waals surface area (Å²) in [5.74, 6) is 0.771. The third-order valence-corrected chi connectivity index (χ3v) is 4.29. The Morgan fingerprint density at radius 3 is 2.60 bits per heavy atom. The lowest BCUT2D eigenvalue weighted by atomic mass is 9.89. The zero-order chi connectivity index (χ0) is 10.5. The van der Waals surface area contributed by atoms with E-state index in [1.165, 1.54) is 44.1 Å². The van der Waals surface area contributed by atoms with Crippen LogP contribution in [-0.4, -0.2) is 6.04 Å². The van der Waals surface area contributed by atoms with Gasteiger partial charge in [-0.05, 0) is 47.6 Å². The Balaban J connectivity index is 1.86. The minimum atomic E-state index is 0.387. The number of hydrogen-bond acceptors (Lipinski definition) is 2. The topological polar surface area (TPSA) is 26.0 Å². The molecule has 1 saturated carbocycles. The maximum atomic E-state index is 6.31. The smallest absolute Gasteiger partial charge is 0.0108 e. The fourth-order valence-electron chi connectivity index (χ4n) is 2.59. The van der Waals surface area contributed by atoms with Crippen molar-refractivity contribution in [3.63, 3.8) is 0 Å². The van der Waals surface area contributed by atoms with Gasteiger partial charge in [0.25, 0.3) is 0 Å². The molecule has 1 aromatic heterocycles. The molecular weight excluding hydrogens is 202 g/mol. The van der Waals surface area contributed by atoms with E-state index in [0.717, 1.165) is 12.3 Å². The van der Waals surface area contributed by atoms with Gasteiger partial charge >= 0.3 is 0 Å². The first-order chi connectivity index (χ1) is 7.36. The lowest BCUT2D eigenvalue weighted by Gasteiger charge is -2.21. The molecule has 1 heterocycles. The molecule has 1 unspecified atom stereocenters. The van der Waals surface area contributed by atoms with Gasteiger partial charge in [0, 0.05) is 6.04 Å². The van der Waals surface area contributed by atoms with Crippen molar-refractivity contribution in [2.75, 3.05) is 0 Å². The van der Waals surface area contributed by atoms with Crippen molar-refractivity contribution in [2.45, 2.75) is 51.0 Å². The monoisotopic (exact) mass is 223 g/mol. The van der Waals surface area contributed by atoms with Crippen LogP contribution in [0.1, 0.15) is 44.1 Å². The normalized spacial score (nSPS) is 21.1. The summed E-state index contributed by atoms with van der Waals surface area (Å²) in [4.78, 5) is 0. The van der Waals surface area contributed by atoms with Crippen molar-refractivity contribution in [3.05, 3.63) is 22.4 Å². The summed E-state index contributed by atoms with van der Waals surface area (Å²) in [6, 6.07) is 2.60. The van der Waals surface area contributed by atoms with Crippen molar-refractivity contribution in [1.82, 2.24) is 0 Å². The van der Waals surface area contributed by atoms with Crippen LogP contribution in [0.4, 0.5) is 0 Å². The predicted molar refractivity (Wildman–Crippen MR) is 67.2 cm³/mol. The second-order valence-corrected chi connectivity index (χ2v) is 5.53. The van der Waals surface area contributed by atoms with Gasteiger partial charge in [0.1, 0.15) is 0 Å². The van der Waals surface area contributed by atoms with Gasteiger partial charge in [0.2, 0.25) is 0 Å². The van der Waals surface area contributed by atoms with Crippen LogP contribution in [-0.2, 0) is 6.42 Å². The van der Waals surface area contributed by atoms with Crippen molar-refractivity contribution in [2.24, 2.45) is 11.7 Å². The molecule has 1 nitrogen and oxygen atoms in total. The van der Waals surface area contributed by atoms with Gasteiger partial charge in [-0.25, -0.2) is 0 Å². The summed E-state index contributed by atoms with van der Waals surface area (Å²) in [6.45, 7) is 0. The van der Waals surface area contributed by atoms with E-state index in [1.54, 1.807) is 11.3 Å². The Hall–Kier alpha value is -0.340. The highest BCUT2D eigenvalue weighted by Crippen LogP contribution is 2.26. The molecule has 1 aliphatic carbocycles. The van der Waals surface area contributed by atoms with Crippen LogP contribution < -0.4 is 5.73 Å².